The molecule has 7 nitrogen and oxygen atoms in total. The maximum Gasteiger partial charge on any atom is 0.241 e. The van der Waals surface area contributed by atoms with E-state index in [1.54, 1.807) is 13.2 Å². The van der Waals surface area contributed by atoms with Crippen molar-refractivity contribution >= 4 is 29.3 Å². The lowest BCUT2D eigenvalue weighted by Crippen LogP contribution is -2.65. The van der Waals surface area contributed by atoms with E-state index < -0.39 is 47.3 Å². The fourth-order valence-corrected chi connectivity index (χ4v) is 4.54. The number of carbonyl (C=O) groups is 1. The van der Waals surface area contributed by atoms with Gasteiger partial charge in [-0.25, -0.2) is 0 Å². The van der Waals surface area contributed by atoms with Crippen molar-refractivity contribution in [1.29, 1.82) is 0 Å². The highest BCUT2D eigenvalue weighted by Crippen LogP contribution is 2.30. The smallest absolute Gasteiger partial charge is 0.241 e. The number of rotatable bonds is 7. The summed E-state index contributed by atoms with van der Waals surface area (Å²) < 4.78 is 5.78. The van der Waals surface area contributed by atoms with E-state index in [0.29, 0.717) is 0 Å². The summed E-state index contributed by atoms with van der Waals surface area (Å²) in [5.74, 6) is -0.224. The average Bonchev–Trinajstić information content (AvgIpc) is 2.99. The first kappa shape index (κ1) is 22.9. The molecule has 8 atom stereocenters. The van der Waals surface area contributed by atoms with Crippen molar-refractivity contribution in [2.75, 3.05) is 19.8 Å². The Kier molecular flexibility index (Phi) is 8.42. The van der Waals surface area contributed by atoms with E-state index in [-0.39, 0.29) is 5.91 Å². The Morgan fingerprint density at radius 3 is 2.63 bits per heavy atom. The van der Waals surface area contributed by atoms with E-state index in [2.05, 4.69) is 12.2 Å². The number of thioether (sulfide) groups is 1. The highest BCUT2D eigenvalue weighted by Gasteiger charge is 2.48. The third-order valence-electron chi connectivity index (χ3n) is 5.16. The van der Waals surface area contributed by atoms with Gasteiger partial charge in [0.1, 0.15) is 35.9 Å². The zero-order valence-corrected chi connectivity index (χ0v) is 17.8. The Labute approximate surface area is 170 Å². The zero-order valence-electron chi connectivity index (χ0n) is 16.2. The minimum absolute atomic E-state index is 0.224. The van der Waals surface area contributed by atoms with Crippen LogP contribution in [0.25, 0.3) is 0 Å². The molecule has 27 heavy (non-hydrogen) atoms. The summed E-state index contributed by atoms with van der Waals surface area (Å²) in [5.41, 5.74) is 0.513. The van der Waals surface area contributed by atoms with E-state index in [1.165, 1.54) is 17.3 Å². The SMILES string of the molecule is CCCC1=CC(C(=O)NC(C(C)Cl)C2OC(SC)C(O)C(O)C2O)N(C)C1. The quantitative estimate of drug-likeness (QED) is 0.346. The molecule has 0 bridgehead atoms. The minimum atomic E-state index is -1.37. The molecule has 156 valence electrons. The number of hydrogen-bond donors (Lipinski definition) is 4. The predicted molar refractivity (Wildman–Crippen MR) is 107 cm³/mol. The summed E-state index contributed by atoms with van der Waals surface area (Å²) in [5, 5.41) is 32.9. The lowest BCUT2D eigenvalue weighted by atomic mass is 9.93. The van der Waals surface area contributed by atoms with Crippen LogP contribution < -0.4 is 5.32 Å². The van der Waals surface area contributed by atoms with Crippen LogP contribution in [0.2, 0.25) is 0 Å². The van der Waals surface area contributed by atoms with E-state index in [9.17, 15) is 20.1 Å². The molecule has 0 aromatic heterocycles. The lowest BCUT2D eigenvalue weighted by Gasteiger charge is -2.44. The van der Waals surface area contributed by atoms with Crippen LogP contribution >= 0.6 is 23.4 Å². The number of ether oxygens (including phenoxy) is 1. The number of nitrogens with one attached hydrogen (secondary N) is 1. The molecule has 2 rings (SSSR count). The molecule has 2 heterocycles. The highest BCUT2D eigenvalue weighted by molar-refractivity contribution is 7.99. The third kappa shape index (κ3) is 5.18. The van der Waals surface area contributed by atoms with Crippen LogP contribution in [-0.4, -0.2) is 93.3 Å². The maximum absolute atomic E-state index is 12.9. The fourth-order valence-electron chi connectivity index (χ4n) is 3.65. The van der Waals surface area contributed by atoms with Crippen molar-refractivity contribution in [3.05, 3.63) is 11.6 Å². The number of amides is 1. The van der Waals surface area contributed by atoms with Crippen LogP contribution in [0.1, 0.15) is 26.7 Å². The minimum Gasteiger partial charge on any atom is -0.388 e. The van der Waals surface area contributed by atoms with Crippen molar-refractivity contribution in [1.82, 2.24) is 10.2 Å². The van der Waals surface area contributed by atoms with Gasteiger partial charge < -0.3 is 25.4 Å². The number of halogens is 1. The van der Waals surface area contributed by atoms with Gasteiger partial charge >= 0.3 is 0 Å². The fraction of sp³-hybridized carbons (Fsp3) is 0.833. The molecule has 2 aliphatic heterocycles. The molecule has 1 amide bonds. The number of aliphatic hydroxyl groups excluding tert-OH is 3. The first-order valence-electron chi connectivity index (χ1n) is 9.27. The van der Waals surface area contributed by atoms with Crippen molar-refractivity contribution < 1.29 is 24.9 Å². The number of alkyl halides is 1. The second kappa shape index (κ2) is 9.91. The summed E-state index contributed by atoms with van der Waals surface area (Å²) in [6.07, 6.45) is 0.804. The number of carbonyl (C=O) groups excluding carboxylic acids is 1. The molecule has 1 saturated heterocycles. The Morgan fingerprint density at radius 2 is 2.07 bits per heavy atom. The van der Waals surface area contributed by atoms with Crippen molar-refractivity contribution in [3.63, 3.8) is 0 Å². The summed E-state index contributed by atoms with van der Waals surface area (Å²) in [6.45, 7) is 4.54. The molecule has 1 fully saturated rings. The van der Waals surface area contributed by atoms with Gasteiger partial charge in [-0.1, -0.05) is 25.0 Å². The van der Waals surface area contributed by atoms with Gasteiger partial charge in [0, 0.05) is 6.54 Å². The van der Waals surface area contributed by atoms with Crippen LogP contribution in [0, 0.1) is 0 Å². The molecule has 0 spiro atoms. The maximum atomic E-state index is 12.9. The number of nitrogens with zero attached hydrogens (tertiary/aromatic N) is 1. The summed E-state index contributed by atoms with van der Waals surface area (Å²) in [6, 6.07) is -1.12. The number of aliphatic hydroxyl groups is 3. The van der Waals surface area contributed by atoms with Crippen molar-refractivity contribution in [3.8, 4) is 0 Å². The monoisotopic (exact) mass is 422 g/mol. The average molecular weight is 423 g/mol. The summed E-state index contributed by atoms with van der Waals surface area (Å²) in [4.78, 5) is 14.8. The Bertz CT molecular complexity index is 548. The van der Waals surface area contributed by atoms with Gasteiger partial charge in [0.25, 0.3) is 0 Å². The van der Waals surface area contributed by atoms with Crippen molar-refractivity contribution in [2.45, 2.75) is 74.0 Å². The van der Waals surface area contributed by atoms with Crippen LogP contribution in [0.4, 0.5) is 0 Å². The Morgan fingerprint density at radius 1 is 1.41 bits per heavy atom. The van der Waals surface area contributed by atoms with Crippen molar-refractivity contribution in [2.24, 2.45) is 0 Å². The molecule has 0 aromatic rings. The Hall–Kier alpha value is -0.350. The molecule has 0 saturated carbocycles. The standard InChI is InChI=1S/C18H31ClN2O5S/c1-5-6-10-7-11(21(3)8-10)17(25)20-12(9(2)19)16-14(23)13(22)15(24)18(26-16)27-4/h7,9,11-16,18,22-24H,5-6,8H2,1-4H3,(H,20,25). The van der Waals surface area contributed by atoms with Gasteiger partial charge in [0.15, 0.2) is 0 Å². The van der Waals surface area contributed by atoms with E-state index in [4.69, 9.17) is 16.3 Å². The van der Waals surface area contributed by atoms with Gasteiger partial charge in [-0.05, 0) is 26.6 Å². The number of hydrogen-bond acceptors (Lipinski definition) is 7. The summed E-state index contributed by atoms with van der Waals surface area (Å²) >= 11 is 7.52. The normalized spacial score (nSPS) is 37.0. The molecule has 9 heteroatoms. The number of likely N-dealkylation sites (N-methyl/N-ethyl adjacent to an activating group) is 1. The topological polar surface area (TPSA) is 102 Å². The molecule has 4 N–H and O–H groups in total. The zero-order chi connectivity index (χ0) is 20.3. The lowest BCUT2D eigenvalue weighted by molar-refractivity contribution is -0.205. The van der Waals surface area contributed by atoms with E-state index in [1.807, 2.05) is 18.0 Å². The van der Waals surface area contributed by atoms with Crippen LogP contribution in [0.3, 0.4) is 0 Å². The Balaban J connectivity index is 2.14. The van der Waals surface area contributed by atoms with Crippen LogP contribution in [-0.2, 0) is 9.53 Å². The molecular formula is C18H31ClN2O5S. The molecule has 0 aliphatic carbocycles. The molecular weight excluding hydrogens is 392 g/mol. The molecule has 8 unspecified atom stereocenters. The van der Waals surface area contributed by atoms with Gasteiger partial charge in [-0.2, -0.15) is 0 Å². The largest absolute Gasteiger partial charge is 0.388 e. The molecule has 0 aromatic carbocycles. The second-order valence-corrected chi connectivity index (χ2v) is 8.95. The molecule has 0 radical (unpaired) electrons. The highest BCUT2D eigenvalue weighted by atomic mass is 35.5. The van der Waals surface area contributed by atoms with Gasteiger partial charge in [-0.15, -0.1) is 23.4 Å². The van der Waals surface area contributed by atoms with E-state index in [0.717, 1.165) is 19.4 Å². The first-order valence-corrected chi connectivity index (χ1v) is 11.0. The van der Waals surface area contributed by atoms with Crippen LogP contribution in [0.15, 0.2) is 11.6 Å². The van der Waals surface area contributed by atoms with E-state index >= 15 is 0 Å². The van der Waals surface area contributed by atoms with Gasteiger partial charge in [0.2, 0.25) is 5.91 Å². The summed E-state index contributed by atoms with van der Waals surface area (Å²) in [7, 11) is 1.89. The third-order valence-corrected chi connectivity index (χ3v) is 6.28. The second-order valence-electron chi connectivity index (χ2n) is 7.32. The predicted octanol–water partition coefficient (Wildman–Crippen LogP) is 0.310. The van der Waals surface area contributed by atoms with Gasteiger partial charge in [0.05, 0.1) is 11.4 Å². The van der Waals surface area contributed by atoms with Gasteiger partial charge in [-0.3, -0.25) is 9.69 Å². The molecule has 2 aliphatic rings. The van der Waals surface area contributed by atoms with Crippen LogP contribution in [0.5, 0.6) is 0 Å². The first-order chi connectivity index (χ1) is 12.7.